The first-order valence-corrected chi connectivity index (χ1v) is 9.32. The largest absolute Gasteiger partial charge is 0.454 e. The maximum Gasteiger partial charge on any atom is 0.339 e. The van der Waals surface area contributed by atoms with Gasteiger partial charge in [0.1, 0.15) is 5.52 Å². The molecule has 0 spiro atoms. The van der Waals surface area contributed by atoms with E-state index in [1.165, 1.54) is 0 Å². The van der Waals surface area contributed by atoms with Crippen LogP contribution in [-0.4, -0.2) is 23.3 Å². The molecule has 0 saturated carbocycles. The quantitative estimate of drug-likeness (QED) is 0.314. The second-order valence-corrected chi connectivity index (χ2v) is 6.95. The van der Waals surface area contributed by atoms with Crippen molar-refractivity contribution in [1.29, 1.82) is 0 Å². The number of halogens is 1. The Bertz CT molecular complexity index is 1130. The minimum Gasteiger partial charge on any atom is -0.454 e. The van der Waals surface area contributed by atoms with Gasteiger partial charge in [0, 0.05) is 10.0 Å². The summed E-state index contributed by atoms with van der Waals surface area (Å²) in [5, 5.41) is 0. The molecule has 0 amide bonds. The fourth-order valence-electron chi connectivity index (χ4n) is 2.76. The lowest BCUT2D eigenvalue weighted by Crippen LogP contribution is -2.15. The van der Waals surface area contributed by atoms with Crippen LogP contribution in [0.2, 0.25) is 0 Å². The average molecular weight is 436 g/mol. The number of ether oxygens (including phenoxy) is 1. The van der Waals surface area contributed by atoms with E-state index in [-0.39, 0.29) is 18.0 Å². The molecule has 6 heteroatoms. The number of carbonyl (C=O) groups is 2. The molecule has 0 N–H and O–H groups in total. The number of para-hydroxylation sites is 2. The van der Waals surface area contributed by atoms with Crippen molar-refractivity contribution in [1.82, 2.24) is 4.98 Å². The van der Waals surface area contributed by atoms with Gasteiger partial charge in [-0.2, -0.15) is 0 Å². The van der Waals surface area contributed by atoms with Crippen LogP contribution in [0.1, 0.15) is 20.7 Å². The SMILES string of the molecule is O=C(COC(=O)c1ccccc1-c1nc2ccccc2o1)c1ccc(Br)cc1. The smallest absolute Gasteiger partial charge is 0.339 e. The molecule has 4 aromatic rings. The molecule has 4 rings (SSSR count). The van der Waals surface area contributed by atoms with E-state index in [1.807, 2.05) is 24.3 Å². The number of benzene rings is 3. The summed E-state index contributed by atoms with van der Waals surface area (Å²) in [6, 6.07) is 21.1. The first kappa shape index (κ1) is 18.1. The van der Waals surface area contributed by atoms with Gasteiger partial charge in [-0.3, -0.25) is 4.79 Å². The Morgan fingerprint density at radius 2 is 1.64 bits per heavy atom. The van der Waals surface area contributed by atoms with E-state index in [0.717, 1.165) is 4.47 Å². The van der Waals surface area contributed by atoms with Crippen LogP contribution in [0.3, 0.4) is 0 Å². The number of fused-ring (bicyclic) bond motifs is 1. The van der Waals surface area contributed by atoms with Crippen LogP contribution >= 0.6 is 15.9 Å². The molecule has 138 valence electrons. The number of oxazole rings is 1. The normalized spacial score (nSPS) is 10.8. The van der Waals surface area contributed by atoms with Gasteiger partial charge in [-0.15, -0.1) is 0 Å². The number of hydrogen-bond donors (Lipinski definition) is 0. The fraction of sp³-hybridized carbons (Fsp3) is 0.0455. The van der Waals surface area contributed by atoms with Gasteiger partial charge in [-0.05, 0) is 36.4 Å². The van der Waals surface area contributed by atoms with Crippen molar-refractivity contribution in [2.75, 3.05) is 6.61 Å². The zero-order valence-corrected chi connectivity index (χ0v) is 16.2. The lowest BCUT2D eigenvalue weighted by molar-refractivity contribution is 0.0475. The molecule has 0 radical (unpaired) electrons. The summed E-state index contributed by atoms with van der Waals surface area (Å²) in [7, 11) is 0. The van der Waals surface area contributed by atoms with Crippen LogP contribution in [0.25, 0.3) is 22.6 Å². The van der Waals surface area contributed by atoms with E-state index in [4.69, 9.17) is 9.15 Å². The number of hydrogen-bond acceptors (Lipinski definition) is 5. The lowest BCUT2D eigenvalue weighted by atomic mass is 10.1. The maximum absolute atomic E-state index is 12.6. The predicted octanol–water partition coefficient (Wildman–Crippen LogP) is 5.30. The zero-order chi connectivity index (χ0) is 19.5. The molecule has 0 bridgehead atoms. The topological polar surface area (TPSA) is 69.4 Å². The van der Waals surface area contributed by atoms with Crippen molar-refractivity contribution in [3.8, 4) is 11.5 Å². The third kappa shape index (κ3) is 3.73. The molecule has 3 aromatic carbocycles. The fourth-order valence-corrected chi connectivity index (χ4v) is 3.03. The third-order valence-corrected chi connectivity index (χ3v) is 4.70. The summed E-state index contributed by atoms with van der Waals surface area (Å²) < 4.78 is 11.9. The Hall–Kier alpha value is -3.25. The van der Waals surface area contributed by atoms with E-state index >= 15 is 0 Å². The molecule has 0 atom stereocenters. The van der Waals surface area contributed by atoms with Gasteiger partial charge in [0.2, 0.25) is 5.89 Å². The van der Waals surface area contributed by atoms with Crippen LogP contribution in [0.15, 0.2) is 81.7 Å². The van der Waals surface area contributed by atoms with Crippen LogP contribution in [0, 0.1) is 0 Å². The number of ketones is 1. The molecule has 0 unspecified atom stereocenters. The summed E-state index contributed by atoms with van der Waals surface area (Å²) in [6.07, 6.45) is 0. The van der Waals surface area contributed by atoms with Gasteiger partial charge in [-0.1, -0.05) is 52.3 Å². The minimum absolute atomic E-state index is 0.278. The number of rotatable bonds is 5. The molecule has 0 aliphatic rings. The number of esters is 1. The lowest BCUT2D eigenvalue weighted by Gasteiger charge is -2.07. The summed E-state index contributed by atoms with van der Waals surface area (Å²) in [6.45, 7) is -0.345. The Kier molecular flexibility index (Phi) is 5.04. The van der Waals surface area contributed by atoms with Gasteiger partial charge >= 0.3 is 5.97 Å². The number of Topliss-reactive ketones (excluding diaryl/α,β-unsaturated/α-hetero) is 1. The molecular weight excluding hydrogens is 422 g/mol. The Labute approximate surface area is 169 Å². The van der Waals surface area contributed by atoms with E-state index in [0.29, 0.717) is 28.1 Å². The first-order chi connectivity index (χ1) is 13.6. The van der Waals surface area contributed by atoms with Crippen LogP contribution in [0.4, 0.5) is 0 Å². The summed E-state index contributed by atoms with van der Waals surface area (Å²) in [4.78, 5) is 29.3. The maximum atomic E-state index is 12.6. The molecule has 0 fully saturated rings. The summed E-state index contributed by atoms with van der Waals surface area (Å²) in [5.41, 5.74) is 2.61. The van der Waals surface area contributed by atoms with Gasteiger partial charge in [0.15, 0.2) is 18.0 Å². The molecule has 1 heterocycles. The van der Waals surface area contributed by atoms with Crippen LogP contribution < -0.4 is 0 Å². The van der Waals surface area contributed by atoms with Crippen molar-refractivity contribution in [3.05, 3.63) is 88.4 Å². The highest BCUT2D eigenvalue weighted by Gasteiger charge is 2.19. The molecule has 1 aromatic heterocycles. The highest BCUT2D eigenvalue weighted by Crippen LogP contribution is 2.27. The summed E-state index contributed by atoms with van der Waals surface area (Å²) >= 11 is 3.32. The second kappa shape index (κ2) is 7.78. The Morgan fingerprint density at radius 1 is 0.929 bits per heavy atom. The van der Waals surface area contributed by atoms with E-state index in [1.54, 1.807) is 48.5 Å². The van der Waals surface area contributed by atoms with Gasteiger partial charge in [0.05, 0.1) is 11.1 Å². The Morgan fingerprint density at radius 3 is 2.43 bits per heavy atom. The second-order valence-electron chi connectivity index (χ2n) is 6.04. The van der Waals surface area contributed by atoms with Crippen molar-refractivity contribution >= 4 is 38.8 Å². The van der Waals surface area contributed by atoms with Crippen LogP contribution in [-0.2, 0) is 4.74 Å². The van der Waals surface area contributed by atoms with Crippen LogP contribution in [0.5, 0.6) is 0 Å². The molecule has 0 aliphatic heterocycles. The minimum atomic E-state index is -0.608. The van der Waals surface area contributed by atoms with Crippen molar-refractivity contribution < 1.29 is 18.7 Å². The van der Waals surface area contributed by atoms with Crippen molar-refractivity contribution in [2.45, 2.75) is 0 Å². The van der Waals surface area contributed by atoms with E-state index < -0.39 is 5.97 Å². The highest BCUT2D eigenvalue weighted by atomic mass is 79.9. The molecule has 28 heavy (non-hydrogen) atoms. The monoisotopic (exact) mass is 435 g/mol. The van der Waals surface area contributed by atoms with Crippen molar-refractivity contribution in [2.24, 2.45) is 0 Å². The predicted molar refractivity (Wildman–Crippen MR) is 108 cm³/mol. The first-order valence-electron chi connectivity index (χ1n) is 8.53. The molecule has 0 aliphatic carbocycles. The Balaban J connectivity index is 1.55. The number of carbonyl (C=O) groups excluding carboxylic acids is 2. The number of aromatic nitrogens is 1. The third-order valence-electron chi connectivity index (χ3n) is 4.17. The molecule has 0 saturated heterocycles. The van der Waals surface area contributed by atoms with Crippen molar-refractivity contribution in [3.63, 3.8) is 0 Å². The highest BCUT2D eigenvalue weighted by molar-refractivity contribution is 9.10. The van der Waals surface area contributed by atoms with Gasteiger partial charge in [0.25, 0.3) is 0 Å². The van der Waals surface area contributed by atoms with Gasteiger partial charge < -0.3 is 9.15 Å². The number of nitrogens with zero attached hydrogens (tertiary/aromatic N) is 1. The standard InChI is InChI=1S/C22H14BrNO4/c23-15-11-9-14(10-12-15)19(25)13-27-22(26)17-6-2-1-5-16(17)21-24-18-7-3-4-8-20(18)28-21/h1-12H,13H2. The average Bonchev–Trinajstić information content (AvgIpc) is 3.16. The summed E-state index contributed by atoms with van der Waals surface area (Å²) in [5.74, 6) is -0.559. The zero-order valence-electron chi connectivity index (χ0n) is 14.6. The van der Waals surface area contributed by atoms with E-state index in [2.05, 4.69) is 20.9 Å². The van der Waals surface area contributed by atoms with E-state index in [9.17, 15) is 9.59 Å². The molecule has 5 nitrogen and oxygen atoms in total. The molecular formula is C22H14BrNO4. The van der Waals surface area contributed by atoms with Gasteiger partial charge in [-0.25, -0.2) is 9.78 Å².